The van der Waals surface area contributed by atoms with Crippen LogP contribution in [-0.2, 0) is 19.2 Å². The van der Waals surface area contributed by atoms with E-state index in [1.165, 1.54) is 24.1 Å². The zero-order chi connectivity index (χ0) is 33.0. The summed E-state index contributed by atoms with van der Waals surface area (Å²) >= 11 is 0. The Kier molecular flexibility index (Phi) is 10.9. The van der Waals surface area contributed by atoms with Gasteiger partial charge in [-0.05, 0) is 57.2 Å². The number of nitrogens with two attached hydrogens (primary N) is 1. The van der Waals surface area contributed by atoms with E-state index in [0.29, 0.717) is 35.9 Å². The molecule has 1 aromatic heterocycles. The summed E-state index contributed by atoms with van der Waals surface area (Å²) in [6.45, 7) is 8.83. The Morgan fingerprint density at radius 2 is 1.82 bits per heavy atom. The van der Waals surface area contributed by atoms with Crippen molar-refractivity contribution in [2.45, 2.75) is 78.2 Å². The van der Waals surface area contributed by atoms with Crippen LogP contribution in [0.15, 0.2) is 36.4 Å². The van der Waals surface area contributed by atoms with Crippen molar-refractivity contribution in [1.29, 1.82) is 0 Å². The Hall–Kier alpha value is -3.84. The fourth-order valence-electron chi connectivity index (χ4n) is 4.83. The van der Waals surface area contributed by atoms with Crippen LogP contribution in [0.4, 0.5) is 13.2 Å². The fourth-order valence-corrected chi connectivity index (χ4v) is 4.83. The number of Topliss-reactive ketones (excluding diaryl/α,β-unsaturated/α-hetero) is 1. The van der Waals surface area contributed by atoms with Crippen LogP contribution in [0, 0.1) is 17.3 Å². The van der Waals surface area contributed by atoms with Crippen molar-refractivity contribution >= 4 is 40.5 Å². The zero-order valence-corrected chi connectivity index (χ0v) is 25.4. The van der Waals surface area contributed by atoms with Gasteiger partial charge in [-0.3, -0.25) is 29.2 Å². The maximum atomic E-state index is 13.4. The van der Waals surface area contributed by atoms with E-state index in [1.807, 2.05) is 0 Å². The van der Waals surface area contributed by atoms with Gasteiger partial charge in [0, 0.05) is 29.7 Å². The molecule has 1 saturated heterocycles. The molecule has 2 aromatic rings. The molecule has 3 rings (SSSR count). The first-order valence-electron chi connectivity index (χ1n) is 14.5. The predicted molar refractivity (Wildman–Crippen MR) is 159 cm³/mol. The Bertz CT molecular complexity index is 1430. The maximum Gasteiger partial charge on any atom is 0.409 e. The van der Waals surface area contributed by atoms with Gasteiger partial charge in [0.15, 0.2) is 0 Å². The minimum Gasteiger partial charge on any atom is -0.480 e. The molecule has 0 aliphatic carbocycles. The number of aliphatic carboxylic acids is 1. The number of carbonyl (C=O) groups excluding carboxylic acids is 3. The van der Waals surface area contributed by atoms with Crippen LogP contribution in [0.3, 0.4) is 0 Å². The molecule has 10 nitrogen and oxygen atoms in total. The summed E-state index contributed by atoms with van der Waals surface area (Å²) in [6, 6.07) is 3.80. The number of ketones is 1. The molecule has 0 spiro atoms. The van der Waals surface area contributed by atoms with Crippen LogP contribution in [0.5, 0.6) is 0 Å². The van der Waals surface area contributed by atoms with E-state index < -0.39 is 53.4 Å². The topological polar surface area (TPSA) is 155 Å². The second kappa shape index (κ2) is 13.9. The van der Waals surface area contributed by atoms with E-state index in [-0.39, 0.29) is 23.8 Å². The van der Waals surface area contributed by atoms with Crippen molar-refractivity contribution < 1.29 is 37.5 Å². The van der Waals surface area contributed by atoms with Gasteiger partial charge in [0.25, 0.3) is 5.91 Å². The summed E-state index contributed by atoms with van der Waals surface area (Å²) in [7, 11) is 0. The lowest BCUT2D eigenvalue weighted by atomic mass is 9.79. The molecule has 2 amide bonds. The number of pyridine rings is 1. The summed E-state index contributed by atoms with van der Waals surface area (Å²) in [6.07, 6.45) is -0.484. The number of aromatic nitrogens is 1. The van der Waals surface area contributed by atoms with E-state index in [9.17, 15) is 37.5 Å². The molecule has 240 valence electrons. The van der Waals surface area contributed by atoms with Gasteiger partial charge in [-0.25, -0.2) is 5.43 Å². The molecule has 4 atom stereocenters. The minimum atomic E-state index is -4.63. The third-order valence-electron chi connectivity index (χ3n) is 7.85. The molecule has 0 saturated carbocycles. The number of rotatable bonds is 11. The number of alkyl halides is 3. The third kappa shape index (κ3) is 8.63. The van der Waals surface area contributed by atoms with Crippen molar-refractivity contribution in [3.05, 3.63) is 47.7 Å². The van der Waals surface area contributed by atoms with Gasteiger partial charge in [-0.15, -0.1) is 0 Å². The average molecular weight is 620 g/mol. The number of carboxylic acid groups (broad SMARTS) is 1. The SMILES string of the molecule is CC(C)[C@H](CC(=O)C(C)(C)/C=C/c1ccc2ccc([C@H](N)C(F)(F)F)nc2c1)C(=O)N[C@@H](C)C(=O)N1CCC[C@@H](C(=O)O)N1. The van der Waals surface area contributed by atoms with E-state index in [2.05, 4.69) is 15.7 Å². The van der Waals surface area contributed by atoms with Gasteiger partial charge in [0.05, 0.1) is 11.2 Å². The number of nitrogens with zero attached hydrogens (tertiary/aromatic N) is 2. The lowest BCUT2D eigenvalue weighted by Gasteiger charge is -2.34. The molecule has 0 bridgehead atoms. The summed E-state index contributed by atoms with van der Waals surface area (Å²) in [5.74, 6) is -3.18. The molecule has 1 fully saturated rings. The molecule has 13 heteroatoms. The number of fused-ring (bicyclic) bond motifs is 1. The highest BCUT2D eigenvalue weighted by Crippen LogP contribution is 2.31. The standard InChI is InChI=1S/C31H40F3N5O5/c1-17(2)21(27(41)36-18(3)28(42)39-14-6-7-23(38-39)29(43)44)16-25(40)30(4,5)13-12-19-8-9-20-10-11-22(37-24(20)15-19)26(35)31(32,33)34/h8-13,15,17-18,21,23,26,38H,6-7,14,16,35H2,1-5H3,(H,36,41)(H,43,44)/b13-12+/t18-,21-,23-,26-/m0/s1. The van der Waals surface area contributed by atoms with Crippen LogP contribution in [0.2, 0.25) is 0 Å². The Morgan fingerprint density at radius 3 is 2.43 bits per heavy atom. The lowest BCUT2D eigenvalue weighted by Crippen LogP contribution is -2.59. The number of amides is 2. The number of allylic oxidation sites excluding steroid dienone is 1. The predicted octanol–water partition coefficient (Wildman–Crippen LogP) is 4.15. The Morgan fingerprint density at radius 1 is 1.16 bits per heavy atom. The van der Waals surface area contributed by atoms with Gasteiger partial charge >= 0.3 is 12.1 Å². The van der Waals surface area contributed by atoms with Crippen molar-refractivity contribution in [2.75, 3.05) is 6.54 Å². The molecule has 2 heterocycles. The molecule has 0 unspecified atom stereocenters. The molecule has 0 radical (unpaired) electrons. The monoisotopic (exact) mass is 619 g/mol. The average Bonchev–Trinajstić information content (AvgIpc) is 2.96. The van der Waals surface area contributed by atoms with Crippen molar-refractivity contribution in [2.24, 2.45) is 23.0 Å². The number of halogens is 3. The van der Waals surface area contributed by atoms with E-state index in [0.717, 1.165) is 0 Å². The molecular formula is C31H40F3N5O5. The molecule has 5 N–H and O–H groups in total. The molecule has 1 aliphatic heterocycles. The number of hydrogen-bond acceptors (Lipinski definition) is 7. The first kappa shape index (κ1) is 34.6. The van der Waals surface area contributed by atoms with Gasteiger partial charge in [0.2, 0.25) is 5.91 Å². The van der Waals surface area contributed by atoms with E-state index in [1.54, 1.807) is 58.0 Å². The van der Waals surface area contributed by atoms with Crippen molar-refractivity contribution in [3.8, 4) is 0 Å². The molecule has 1 aliphatic rings. The van der Waals surface area contributed by atoms with Crippen LogP contribution in [-0.4, -0.2) is 63.5 Å². The third-order valence-corrected chi connectivity index (χ3v) is 7.85. The number of benzene rings is 1. The quantitative estimate of drug-likeness (QED) is 0.293. The smallest absolute Gasteiger partial charge is 0.409 e. The maximum absolute atomic E-state index is 13.4. The zero-order valence-electron chi connectivity index (χ0n) is 25.4. The highest BCUT2D eigenvalue weighted by Gasteiger charge is 2.39. The van der Waals surface area contributed by atoms with Crippen LogP contribution >= 0.6 is 0 Å². The largest absolute Gasteiger partial charge is 0.480 e. The number of hydrazine groups is 1. The highest BCUT2D eigenvalue weighted by atomic mass is 19.4. The van der Waals surface area contributed by atoms with Gasteiger partial charge in [-0.1, -0.05) is 44.2 Å². The van der Waals surface area contributed by atoms with Gasteiger partial charge in [-0.2, -0.15) is 13.2 Å². The van der Waals surface area contributed by atoms with E-state index in [4.69, 9.17) is 5.73 Å². The van der Waals surface area contributed by atoms with Crippen LogP contribution < -0.4 is 16.5 Å². The molecular weight excluding hydrogens is 579 g/mol. The summed E-state index contributed by atoms with van der Waals surface area (Å²) in [5.41, 5.74) is 7.64. The second-order valence-corrected chi connectivity index (χ2v) is 12.1. The number of carbonyl (C=O) groups is 4. The number of carboxylic acids is 1. The molecule has 1 aromatic carbocycles. The van der Waals surface area contributed by atoms with Gasteiger partial charge < -0.3 is 16.2 Å². The van der Waals surface area contributed by atoms with Crippen LogP contribution in [0.25, 0.3) is 17.0 Å². The van der Waals surface area contributed by atoms with Crippen LogP contribution in [0.1, 0.15) is 71.2 Å². The second-order valence-electron chi connectivity index (χ2n) is 12.1. The highest BCUT2D eigenvalue weighted by molar-refractivity contribution is 5.93. The number of nitrogens with one attached hydrogen (secondary N) is 2. The summed E-state index contributed by atoms with van der Waals surface area (Å²) in [4.78, 5) is 54.9. The normalized spacial score (nSPS) is 18.3. The van der Waals surface area contributed by atoms with E-state index >= 15 is 0 Å². The van der Waals surface area contributed by atoms with Crippen molar-refractivity contribution in [3.63, 3.8) is 0 Å². The summed E-state index contributed by atoms with van der Waals surface area (Å²) in [5, 5.41) is 13.8. The fraction of sp³-hybridized carbons (Fsp3) is 0.516. The minimum absolute atomic E-state index is 0.0945. The van der Waals surface area contributed by atoms with Crippen molar-refractivity contribution in [1.82, 2.24) is 20.7 Å². The first-order valence-corrected chi connectivity index (χ1v) is 14.5. The van der Waals surface area contributed by atoms with Gasteiger partial charge in [0.1, 0.15) is 23.9 Å². The molecule has 44 heavy (non-hydrogen) atoms. The Balaban J connectivity index is 1.68. The lowest BCUT2D eigenvalue weighted by molar-refractivity contribution is -0.150. The Labute approximate surface area is 254 Å². The number of hydrogen-bond donors (Lipinski definition) is 4. The first-order chi connectivity index (χ1) is 20.4. The summed E-state index contributed by atoms with van der Waals surface area (Å²) < 4.78 is 39.2.